The molecule has 2 atom stereocenters. The van der Waals surface area contributed by atoms with Crippen molar-refractivity contribution in [2.24, 2.45) is 0 Å². The Kier molecular flexibility index (Phi) is 8.17. The van der Waals surface area contributed by atoms with Crippen molar-refractivity contribution in [1.82, 2.24) is 10.6 Å². The number of thiocarbonyl (C=S) groups is 1. The van der Waals surface area contributed by atoms with Gasteiger partial charge in [-0.25, -0.2) is 0 Å². The molecule has 3 nitrogen and oxygen atoms in total. The van der Waals surface area contributed by atoms with Crippen LogP contribution in [0.1, 0.15) is 53.5 Å². The second-order valence-electron chi connectivity index (χ2n) is 8.64. The molecule has 0 aliphatic heterocycles. The minimum Gasteiger partial charge on any atom is -0.496 e. The molecule has 1 aliphatic carbocycles. The summed E-state index contributed by atoms with van der Waals surface area (Å²) in [4.78, 5) is 0.579. The third-order valence-corrected chi connectivity index (χ3v) is 6.20. The van der Waals surface area contributed by atoms with E-state index in [1.165, 1.54) is 12.1 Å². The molecule has 2 aromatic carbocycles. The van der Waals surface area contributed by atoms with Crippen LogP contribution in [0.15, 0.2) is 36.4 Å². The maximum absolute atomic E-state index is 13.1. The smallest absolute Gasteiger partial charge is 0.416 e. The standard InChI is InChI=1S/C25H31F3N2OS/c1-16-8-9-19(23(12-16)31-3)15-29-21-6-4-5-7-22(21)30-24(32)14-18-10-17(2)11-20(13-18)25(26,27)28/h8-13,21-22,29H,4-7,14-15H2,1-3H3,(H,30,32)/t21-,22-/m1/s1. The molecule has 0 spiro atoms. The molecule has 0 amide bonds. The maximum atomic E-state index is 13.1. The first-order chi connectivity index (χ1) is 15.2. The van der Waals surface area contributed by atoms with Crippen LogP contribution in [0.3, 0.4) is 0 Å². The Morgan fingerprint density at radius 3 is 2.44 bits per heavy atom. The topological polar surface area (TPSA) is 33.3 Å². The Balaban J connectivity index is 1.63. The Hall–Kier alpha value is -2.12. The predicted octanol–water partition coefficient (Wildman–Crippen LogP) is 5.89. The van der Waals surface area contributed by atoms with Crippen LogP contribution < -0.4 is 15.4 Å². The zero-order valence-corrected chi connectivity index (χ0v) is 19.6. The number of nitrogens with one attached hydrogen (secondary N) is 2. The van der Waals surface area contributed by atoms with Crippen LogP contribution in [0.25, 0.3) is 0 Å². The van der Waals surface area contributed by atoms with Crippen LogP contribution in [-0.2, 0) is 19.1 Å². The molecule has 7 heteroatoms. The quantitative estimate of drug-likeness (QED) is 0.501. The molecule has 2 N–H and O–H groups in total. The van der Waals surface area contributed by atoms with Crippen molar-refractivity contribution in [2.45, 2.75) is 70.8 Å². The van der Waals surface area contributed by atoms with Gasteiger partial charge in [0.2, 0.25) is 0 Å². The minimum atomic E-state index is -4.36. The summed E-state index contributed by atoms with van der Waals surface area (Å²) in [5.74, 6) is 0.869. The summed E-state index contributed by atoms with van der Waals surface area (Å²) in [6, 6.07) is 10.7. The largest absolute Gasteiger partial charge is 0.496 e. The molecule has 0 aromatic heterocycles. The van der Waals surface area contributed by atoms with Gasteiger partial charge in [0.15, 0.2) is 0 Å². The fraction of sp³-hybridized carbons (Fsp3) is 0.480. The van der Waals surface area contributed by atoms with Crippen LogP contribution in [0, 0.1) is 13.8 Å². The van der Waals surface area contributed by atoms with Gasteiger partial charge in [-0.15, -0.1) is 0 Å². The lowest BCUT2D eigenvalue weighted by Gasteiger charge is -2.34. The van der Waals surface area contributed by atoms with E-state index in [1.807, 2.05) is 13.0 Å². The van der Waals surface area contributed by atoms with Crippen molar-refractivity contribution >= 4 is 17.2 Å². The molecule has 174 valence electrons. The molecular formula is C25H31F3N2OS. The molecule has 1 aliphatic rings. The van der Waals surface area contributed by atoms with Crippen molar-refractivity contribution in [2.75, 3.05) is 7.11 Å². The molecule has 32 heavy (non-hydrogen) atoms. The number of benzene rings is 2. The van der Waals surface area contributed by atoms with E-state index in [4.69, 9.17) is 17.0 Å². The van der Waals surface area contributed by atoms with E-state index >= 15 is 0 Å². The summed E-state index contributed by atoms with van der Waals surface area (Å²) in [6.45, 7) is 4.40. The summed E-state index contributed by atoms with van der Waals surface area (Å²) >= 11 is 5.54. The van der Waals surface area contributed by atoms with Gasteiger partial charge in [0.05, 0.1) is 17.7 Å². The van der Waals surface area contributed by atoms with E-state index in [0.29, 0.717) is 29.1 Å². The Bertz CT molecular complexity index is 945. The average molecular weight is 465 g/mol. The van der Waals surface area contributed by atoms with Gasteiger partial charge in [-0.05, 0) is 56.0 Å². The van der Waals surface area contributed by atoms with Crippen molar-refractivity contribution in [3.8, 4) is 5.75 Å². The Labute approximate surface area is 193 Å². The summed E-state index contributed by atoms with van der Waals surface area (Å²) in [6.07, 6.45) is 0.192. The lowest BCUT2D eigenvalue weighted by atomic mass is 9.90. The SMILES string of the molecule is COc1cc(C)ccc1CN[C@@H]1CCCC[C@H]1NC(=S)Cc1cc(C)cc(C(F)(F)F)c1. The minimum absolute atomic E-state index is 0.152. The number of ether oxygens (including phenoxy) is 1. The first-order valence-electron chi connectivity index (χ1n) is 11.0. The fourth-order valence-electron chi connectivity index (χ4n) is 4.36. The van der Waals surface area contributed by atoms with Crippen molar-refractivity contribution < 1.29 is 17.9 Å². The third-order valence-electron chi connectivity index (χ3n) is 5.94. The number of aryl methyl sites for hydroxylation is 2. The summed E-state index contributed by atoms with van der Waals surface area (Å²) in [5.41, 5.74) is 2.79. The average Bonchev–Trinajstić information content (AvgIpc) is 2.72. The van der Waals surface area contributed by atoms with Gasteiger partial charge in [0, 0.05) is 30.6 Å². The van der Waals surface area contributed by atoms with Crippen LogP contribution >= 0.6 is 12.2 Å². The highest BCUT2D eigenvalue weighted by atomic mass is 32.1. The van der Waals surface area contributed by atoms with E-state index in [9.17, 15) is 13.2 Å². The molecule has 1 saturated carbocycles. The van der Waals surface area contributed by atoms with Gasteiger partial charge in [0.1, 0.15) is 5.75 Å². The molecule has 0 radical (unpaired) electrons. The third kappa shape index (κ3) is 6.69. The highest BCUT2D eigenvalue weighted by Gasteiger charge is 2.31. The number of alkyl halides is 3. The van der Waals surface area contributed by atoms with Crippen molar-refractivity contribution in [1.29, 1.82) is 0 Å². The van der Waals surface area contributed by atoms with Gasteiger partial charge < -0.3 is 15.4 Å². The molecule has 0 heterocycles. The molecule has 0 saturated heterocycles. The van der Waals surface area contributed by atoms with E-state index in [0.717, 1.165) is 42.6 Å². The van der Waals surface area contributed by atoms with Gasteiger partial charge in [-0.3, -0.25) is 0 Å². The number of hydrogen-bond acceptors (Lipinski definition) is 3. The summed E-state index contributed by atoms with van der Waals surface area (Å²) in [5, 5.41) is 7.06. The van der Waals surface area contributed by atoms with Crippen LogP contribution in [0.5, 0.6) is 5.75 Å². The van der Waals surface area contributed by atoms with E-state index < -0.39 is 11.7 Å². The second-order valence-corrected chi connectivity index (χ2v) is 9.14. The predicted molar refractivity (Wildman–Crippen MR) is 126 cm³/mol. The number of rotatable bonds is 7. The molecule has 0 bridgehead atoms. The molecule has 0 unspecified atom stereocenters. The zero-order valence-electron chi connectivity index (χ0n) is 18.8. The van der Waals surface area contributed by atoms with Crippen LogP contribution in [0.2, 0.25) is 0 Å². The monoisotopic (exact) mass is 464 g/mol. The van der Waals surface area contributed by atoms with Crippen LogP contribution in [-0.4, -0.2) is 24.2 Å². The highest BCUT2D eigenvalue weighted by molar-refractivity contribution is 7.80. The number of methoxy groups -OCH3 is 1. The summed E-state index contributed by atoms with van der Waals surface area (Å²) in [7, 11) is 1.68. The van der Waals surface area contributed by atoms with Crippen molar-refractivity contribution in [3.05, 3.63) is 64.2 Å². The zero-order chi connectivity index (χ0) is 23.3. The molecule has 3 rings (SSSR count). The lowest BCUT2D eigenvalue weighted by Crippen LogP contribution is -2.51. The first kappa shape index (κ1) is 24.5. The number of hydrogen-bond donors (Lipinski definition) is 2. The fourth-order valence-corrected chi connectivity index (χ4v) is 4.68. The van der Waals surface area contributed by atoms with Gasteiger partial charge >= 0.3 is 6.18 Å². The highest BCUT2D eigenvalue weighted by Crippen LogP contribution is 2.31. The first-order valence-corrected chi connectivity index (χ1v) is 11.4. The second kappa shape index (κ2) is 10.7. The number of halogens is 3. The maximum Gasteiger partial charge on any atom is 0.416 e. The van der Waals surface area contributed by atoms with Crippen molar-refractivity contribution in [3.63, 3.8) is 0 Å². The molecule has 1 fully saturated rings. The summed E-state index contributed by atoms with van der Waals surface area (Å²) < 4.78 is 44.9. The van der Waals surface area contributed by atoms with Gasteiger partial charge in [0.25, 0.3) is 0 Å². The van der Waals surface area contributed by atoms with E-state index in [1.54, 1.807) is 20.1 Å². The Morgan fingerprint density at radius 2 is 1.75 bits per heavy atom. The molecule has 2 aromatic rings. The van der Waals surface area contributed by atoms with Crippen LogP contribution in [0.4, 0.5) is 13.2 Å². The van der Waals surface area contributed by atoms with E-state index in [2.05, 4.69) is 22.8 Å². The lowest BCUT2D eigenvalue weighted by molar-refractivity contribution is -0.137. The van der Waals surface area contributed by atoms with E-state index in [-0.39, 0.29) is 12.1 Å². The normalized spacial score (nSPS) is 18.9. The Morgan fingerprint density at radius 1 is 1.03 bits per heavy atom. The van der Waals surface area contributed by atoms with Gasteiger partial charge in [-0.2, -0.15) is 13.2 Å². The van der Waals surface area contributed by atoms with Gasteiger partial charge in [-0.1, -0.05) is 48.8 Å². The molecular weight excluding hydrogens is 433 g/mol.